The highest BCUT2D eigenvalue weighted by atomic mass is 32.1. The molecule has 2 aromatic carbocycles. The number of rotatable bonds is 6. The number of carbonyl (C=O) groups is 2. The highest BCUT2D eigenvalue weighted by Gasteiger charge is 2.20. The van der Waals surface area contributed by atoms with Crippen LogP contribution in [0.1, 0.15) is 36.4 Å². The maximum absolute atomic E-state index is 12.6. The number of nitrogens with one attached hydrogen (secondary N) is 2. The van der Waals surface area contributed by atoms with Crippen LogP contribution in [0.3, 0.4) is 0 Å². The van der Waals surface area contributed by atoms with Gasteiger partial charge >= 0.3 is 0 Å². The molecule has 168 valence electrons. The number of hydrogen-bond acceptors (Lipinski definition) is 7. The lowest BCUT2D eigenvalue weighted by Gasteiger charge is -2.05. The molecule has 2 aromatic heterocycles. The lowest BCUT2D eigenvalue weighted by molar-refractivity contribution is 0.0843. The molecule has 0 aliphatic rings. The van der Waals surface area contributed by atoms with Gasteiger partial charge in [0.2, 0.25) is 0 Å². The Balaban J connectivity index is 1.36. The third-order valence-corrected chi connectivity index (χ3v) is 5.78. The van der Waals surface area contributed by atoms with E-state index in [0.717, 1.165) is 5.56 Å². The highest BCUT2D eigenvalue weighted by molar-refractivity contribution is 7.13. The molecule has 0 radical (unpaired) electrons. The van der Waals surface area contributed by atoms with Crippen molar-refractivity contribution in [3.05, 3.63) is 87.6 Å². The van der Waals surface area contributed by atoms with Crippen molar-refractivity contribution in [2.45, 2.75) is 20.5 Å². The van der Waals surface area contributed by atoms with Crippen LogP contribution in [-0.4, -0.2) is 31.7 Å². The predicted molar refractivity (Wildman–Crippen MR) is 123 cm³/mol. The molecule has 0 atom stereocenters. The van der Waals surface area contributed by atoms with Gasteiger partial charge in [-0.05, 0) is 38.1 Å². The minimum Gasteiger partial charge on any atom is -0.504 e. The molecule has 4 rings (SSSR count). The van der Waals surface area contributed by atoms with Gasteiger partial charge in [-0.1, -0.05) is 35.9 Å². The molecule has 0 fully saturated rings. The van der Waals surface area contributed by atoms with Gasteiger partial charge in [-0.3, -0.25) is 20.4 Å². The summed E-state index contributed by atoms with van der Waals surface area (Å²) in [5.41, 5.74) is 6.73. The second-order valence-corrected chi connectivity index (χ2v) is 8.26. The van der Waals surface area contributed by atoms with E-state index in [4.69, 9.17) is 4.74 Å². The van der Waals surface area contributed by atoms with Crippen LogP contribution < -0.4 is 15.6 Å². The quantitative estimate of drug-likeness (QED) is 0.378. The Morgan fingerprint density at radius 1 is 1.03 bits per heavy atom. The van der Waals surface area contributed by atoms with Crippen molar-refractivity contribution in [2.75, 3.05) is 0 Å². The van der Waals surface area contributed by atoms with Crippen molar-refractivity contribution in [1.82, 2.24) is 25.6 Å². The first-order valence-electron chi connectivity index (χ1n) is 10.0. The molecule has 0 saturated heterocycles. The summed E-state index contributed by atoms with van der Waals surface area (Å²) in [6.45, 7) is 3.92. The van der Waals surface area contributed by atoms with Crippen LogP contribution in [0.4, 0.5) is 0 Å². The molecular formula is C23H21N5O4S. The van der Waals surface area contributed by atoms with Crippen LogP contribution in [0.15, 0.2) is 60.8 Å². The topological polar surface area (TPSA) is 118 Å². The SMILES string of the molecule is Cc1ccc(OCc2nc(C)c(C(=O)NNC(=O)c3nn(-c4ccccc4)cc3O)s2)cc1. The van der Waals surface area contributed by atoms with Crippen LogP contribution in [0.25, 0.3) is 5.69 Å². The van der Waals surface area contributed by atoms with Crippen molar-refractivity contribution in [3.8, 4) is 17.2 Å². The number of hydrogen-bond donors (Lipinski definition) is 3. The van der Waals surface area contributed by atoms with Crippen LogP contribution in [0.5, 0.6) is 11.5 Å². The largest absolute Gasteiger partial charge is 0.504 e. The van der Waals surface area contributed by atoms with Crippen molar-refractivity contribution >= 4 is 23.2 Å². The van der Waals surface area contributed by atoms with Gasteiger partial charge in [0, 0.05) is 0 Å². The molecule has 4 aromatic rings. The molecular weight excluding hydrogens is 442 g/mol. The van der Waals surface area contributed by atoms with Crippen molar-refractivity contribution < 1.29 is 19.4 Å². The monoisotopic (exact) mass is 463 g/mol. The van der Waals surface area contributed by atoms with Gasteiger partial charge in [-0.15, -0.1) is 11.3 Å². The number of nitrogens with zero attached hydrogens (tertiary/aromatic N) is 3. The Kier molecular flexibility index (Phi) is 6.36. The third kappa shape index (κ3) is 5.18. The minimum atomic E-state index is -0.749. The molecule has 9 nitrogen and oxygen atoms in total. The van der Waals surface area contributed by atoms with Gasteiger partial charge in [-0.2, -0.15) is 5.10 Å². The molecule has 0 aliphatic carbocycles. The van der Waals surface area contributed by atoms with Gasteiger partial charge in [0.15, 0.2) is 11.4 Å². The zero-order valence-corrected chi connectivity index (χ0v) is 18.7. The number of aromatic hydroxyl groups is 1. The average molecular weight is 464 g/mol. The van der Waals surface area contributed by atoms with Crippen LogP contribution in [-0.2, 0) is 6.61 Å². The fourth-order valence-electron chi connectivity index (χ4n) is 2.97. The molecule has 33 heavy (non-hydrogen) atoms. The second-order valence-electron chi connectivity index (χ2n) is 7.18. The number of hydrazine groups is 1. The van der Waals surface area contributed by atoms with Gasteiger partial charge in [0.05, 0.1) is 17.6 Å². The van der Waals surface area contributed by atoms with Gasteiger partial charge in [0.25, 0.3) is 11.8 Å². The normalized spacial score (nSPS) is 10.6. The van der Waals surface area contributed by atoms with E-state index in [1.807, 2.05) is 49.4 Å². The average Bonchev–Trinajstić information content (AvgIpc) is 3.40. The van der Waals surface area contributed by atoms with E-state index in [0.29, 0.717) is 27.0 Å². The van der Waals surface area contributed by atoms with Crippen molar-refractivity contribution in [1.29, 1.82) is 0 Å². The molecule has 0 aliphatic heterocycles. The lowest BCUT2D eigenvalue weighted by atomic mass is 10.2. The standard InChI is InChI=1S/C23H21N5O4S/c1-14-8-10-17(11-9-14)32-13-19-24-15(2)21(33-19)23(31)26-25-22(30)20-18(29)12-28(27-20)16-6-4-3-5-7-16/h3-12,29H,13H2,1-2H3,(H,25,30)(H,26,31). The van der Waals surface area contributed by atoms with Crippen molar-refractivity contribution in [2.24, 2.45) is 0 Å². The Morgan fingerprint density at radius 3 is 2.45 bits per heavy atom. The first-order valence-corrected chi connectivity index (χ1v) is 10.8. The van der Waals surface area contributed by atoms with Crippen LogP contribution >= 0.6 is 11.3 Å². The first kappa shape index (κ1) is 22.0. The Labute approximate surface area is 193 Å². The van der Waals surface area contributed by atoms with E-state index in [-0.39, 0.29) is 18.1 Å². The Hall–Kier alpha value is -4.18. The summed E-state index contributed by atoms with van der Waals surface area (Å²) in [6.07, 6.45) is 1.32. The van der Waals surface area contributed by atoms with E-state index in [1.54, 1.807) is 19.1 Å². The Bertz CT molecular complexity index is 1280. The minimum absolute atomic E-state index is 0.215. The zero-order valence-electron chi connectivity index (χ0n) is 17.9. The number of aromatic nitrogens is 3. The number of benzene rings is 2. The summed E-state index contributed by atoms with van der Waals surface area (Å²) in [7, 11) is 0. The lowest BCUT2D eigenvalue weighted by Crippen LogP contribution is -2.41. The number of thiazole rings is 1. The van der Waals surface area contributed by atoms with E-state index in [2.05, 4.69) is 20.9 Å². The summed E-state index contributed by atoms with van der Waals surface area (Å²) >= 11 is 1.17. The van der Waals surface area contributed by atoms with E-state index >= 15 is 0 Å². The summed E-state index contributed by atoms with van der Waals surface area (Å²) in [5.74, 6) is -0.876. The van der Waals surface area contributed by atoms with Gasteiger partial charge in [-0.25, -0.2) is 9.67 Å². The molecule has 0 bridgehead atoms. The summed E-state index contributed by atoms with van der Waals surface area (Å²) in [4.78, 5) is 29.7. The first-order chi connectivity index (χ1) is 15.9. The predicted octanol–water partition coefficient (Wildman–Crippen LogP) is 3.31. The number of para-hydroxylation sites is 1. The Morgan fingerprint density at radius 2 is 1.73 bits per heavy atom. The molecule has 3 N–H and O–H groups in total. The molecule has 2 amide bonds. The fraction of sp³-hybridized carbons (Fsp3) is 0.130. The zero-order chi connectivity index (χ0) is 23.4. The molecule has 0 saturated carbocycles. The fourth-order valence-corrected chi connectivity index (χ4v) is 3.85. The van der Waals surface area contributed by atoms with Crippen LogP contribution in [0, 0.1) is 13.8 Å². The van der Waals surface area contributed by atoms with E-state index in [1.165, 1.54) is 22.2 Å². The summed E-state index contributed by atoms with van der Waals surface area (Å²) in [5, 5.41) is 14.8. The molecule has 10 heteroatoms. The number of carbonyl (C=O) groups excluding carboxylic acids is 2. The molecule has 2 heterocycles. The summed E-state index contributed by atoms with van der Waals surface area (Å²) in [6, 6.07) is 16.7. The number of aryl methyl sites for hydroxylation is 2. The number of amides is 2. The van der Waals surface area contributed by atoms with Crippen LogP contribution in [0.2, 0.25) is 0 Å². The maximum atomic E-state index is 12.6. The van der Waals surface area contributed by atoms with Gasteiger partial charge < -0.3 is 9.84 Å². The number of ether oxygens (including phenoxy) is 1. The molecule has 0 spiro atoms. The summed E-state index contributed by atoms with van der Waals surface area (Å²) < 4.78 is 7.09. The highest BCUT2D eigenvalue weighted by Crippen LogP contribution is 2.21. The van der Waals surface area contributed by atoms with Crippen molar-refractivity contribution in [3.63, 3.8) is 0 Å². The second kappa shape index (κ2) is 9.53. The molecule has 0 unspecified atom stereocenters. The van der Waals surface area contributed by atoms with E-state index < -0.39 is 11.8 Å². The van der Waals surface area contributed by atoms with Gasteiger partial charge in [0.1, 0.15) is 22.2 Å². The van der Waals surface area contributed by atoms with E-state index in [9.17, 15) is 14.7 Å². The third-order valence-electron chi connectivity index (χ3n) is 4.65. The smallest absolute Gasteiger partial charge is 0.294 e. The maximum Gasteiger partial charge on any atom is 0.294 e.